The van der Waals surface area contributed by atoms with E-state index < -0.39 is 0 Å². The number of thioether (sulfide) groups is 1. The molecule has 1 aliphatic rings. The maximum atomic E-state index is 11.9. The largest absolute Gasteiger partial charge is 0.369 e. The van der Waals surface area contributed by atoms with Gasteiger partial charge in [-0.3, -0.25) is 9.69 Å². The minimum Gasteiger partial charge on any atom is -0.369 e. The number of nitrogens with one attached hydrogen (secondary N) is 1. The van der Waals surface area contributed by atoms with Gasteiger partial charge < -0.3 is 4.90 Å². The van der Waals surface area contributed by atoms with E-state index in [1.165, 1.54) is 5.69 Å². The SMILES string of the molecule is O=C(CSCCCN1CCN(c2cccc(Cl)c2)CC1)N/N=C/c1ccc(Cl)cc1. The van der Waals surface area contributed by atoms with Crippen molar-refractivity contribution in [3.63, 3.8) is 0 Å². The molecule has 1 heterocycles. The molecule has 0 atom stereocenters. The molecule has 0 unspecified atom stereocenters. The Morgan fingerprint density at radius 2 is 1.83 bits per heavy atom. The topological polar surface area (TPSA) is 47.9 Å². The van der Waals surface area contributed by atoms with Crippen molar-refractivity contribution in [2.75, 3.05) is 49.1 Å². The average Bonchev–Trinajstić information content (AvgIpc) is 2.75. The van der Waals surface area contributed by atoms with Crippen molar-refractivity contribution >= 4 is 52.8 Å². The molecule has 1 saturated heterocycles. The van der Waals surface area contributed by atoms with Crippen molar-refractivity contribution in [3.05, 3.63) is 64.1 Å². The fourth-order valence-electron chi connectivity index (χ4n) is 3.22. The zero-order valence-corrected chi connectivity index (χ0v) is 19.1. The zero-order valence-electron chi connectivity index (χ0n) is 16.8. The van der Waals surface area contributed by atoms with E-state index in [-0.39, 0.29) is 5.91 Å². The Kier molecular flexibility index (Phi) is 9.33. The minimum atomic E-state index is -0.0830. The van der Waals surface area contributed by atoms with Crippen molar-refractivity contribution in [3.8, 4) is 0 Å². The van der Waals surface area contributed by atoms with E-state index in [4.69, 9.17) is 23.2 Å². The summed E-state index contributed by atoms with van der Waals surface area (Å²) in [6, 6.07) is 15.3. The fraction of sp³-hybridized carbons (Fsp3) is 0.364. The molecule has 2 aromatic rings. The molecule has 0 bridgehead atoms. The number of piperazine rings is 1. The fourth-order valence-corrected chi connectivity index (χ4v) is 4.26. The molecule has 30 heavy (non-hydrogen) atoms. The normalized spacial score (nSPS) is 14.9. The van der Waals surface area contributed by atoms with Crippen molar-refractivity contribution in [1.82, 2.24) is 10.3 Å². The van der Waals surface area contributed by atoms with E-state index in [9.17, 15) is 4.79 Å². The summed E-state index contributed by atoms with van der Waals surface area (Å²) in [6.07, 6.45) is 2.69. The molecule has 0 aromatic heterocycles. The molecule has 0 aliphatic carbocycles. The van der Waals surface area contributed by atoms with E-state index in [0.29, 0.717) is 10.8 Å². The number of carbonyl (C=O) groups is 1. The van der Waals surface area contributed by atoms with Crippen molar-refractivity contribution in [2.45, 2.75) is 6.42 Å². The van der Waals surface area contributed by atoms with Gasteiger partial charge in [-0.15, -0.1) is 0 Å². The molecule has 0 radical (unpaired) electrons. The lowest BCUT2D eigenvalue weighted by Crippen LogP contribution is -2.46. The van der Waals surface area contributed by atoms with Gasteiger partial charge in [-0.2, -0.15) is 16.9 Å². The Hall–Kier alpha value is -1.73. The van der Waals surface area contributed by atoms with E-state index in [0.717, 1.165) is 55.5 Å². The van der Waals surface area contributed by atoms with Crippen molar-refractivity contribution in [2.24, 2.45) is 5.10 Å². The predicted octanol–water partition coefficient (Wildman–Crippen LogP) is 4.39. The molecular weight excluding hydrogens is 439 g/mol. The van der Waals surface area contributed by atoms with Gasteiger partial charge in [0.1, 0.15) is 0 Å². The van der Waals surface area contributed by atoms with Crippen LogP contribution in [0.1, 0.15) is 12.0 Å². The first-order valence-electron chi connectivity index (χ1n) is 9.98. The van der Waals surface area contributed by atoms with Gasteiger partial charge >= 0.3 is 0 Å². The Balaban J connectivity index is 1.24. The summed E-state index contributed by atoms with van der Waals surface area (Å²) >= 11 is 13.6. The number of hydrogen-bond acceptors (Lipinski definition) is 5. The number of benzene rings is 2. The molecule has 5 nitrogen and oxygen atoms in total. The second-order valence-corrected chi connectivity index (χ2v) is 9.04. The highest BCUT2D eigenvalue weighted by atomic mass is 35.5. The Labute approximate surface area is 192 Å². The van der Waals surface area contributed by atoms with Gasteiger partial charge in [0.05, 0.1) is 12.0 Å². The van der Waals surface area contributed by atoms with Crippen molar-refractivity contribution < 1.29 is 4.79 Å². The molecule has 160 valence electrons. The average molecular weight is 465 g/mol. The van der Waals surface area contributed by atoms with Crippen LogP contribution in [0.3, 0.4) is 0 Å². The zero-order chi connectivity index (χ0) is 21.2. The first-order valence-corrected chi connectivity index (χ1v) is 11.9. The van der Waals surface area contributed by atoms with Gasteiger partial charge in [0.15, 0.2) is 0 Å². The van der Waals surface area contributed by atoms with Gasteiger partial charge in [-0.05, 0) is 54.6 Å². The van der Waals surface area contributed by atoms with E-state index >= 15 is 0 Å². The number of amides is 1. The van der Waals surface area contributed by atoms with Crippen LogP contribution in [0.4, 0.5) is 5.69 Å². The highest BCUT2D eigenvalue weighted by molar-refractivity contribution is 7.99. The molecule has 0 spiro atoms. The molecule has 1 fully saturated rings. The molecular formula is C22H26Cl2N4OS. The van der Waals surface area contributed by atoms with Crippen LogP contribution < -0.4 is 10.3 Å². The lowest BCUT2D eigenvalue weighted by molar-refractivity contribution is -0.118. The van der Waals surface area contributed by atoms with Gasteiger partial charge in [0, 0.05) is 41.9 Å². The van der Waals surface area contributed by atoms with Crippen LogP contribution in [0.25, 0.3) is 0 Å². The van der Waals surface area contributed by atoms with Gasteiger partial charge in [0.2, 0.25) is 5.91 Å². The Bertz CT molecular complexity index is 839. The standard InChI is InChI=1S/C22H26Cl2N4OS/c23-19-7-5-18(6-8-19)16-25-26-22(29)17-30-14-2-9-27-10-12-28(13-11-27)21-4-1-3-20(24)15-21/h1,3-8,15-16H,2,9-14,17H2,(H,26,29)/b25-16+. The summed E-state index contributed by atoms with van der Waals surface area (Å²) in [4.78, 5) is 16.7. The first kappa shape index (κ1) is 22.9. The number of carbonyl (C=O) groups excluding carboxylic acids is 1. The Morgan fingerprint density at radius 3 is 2.57 bits per heavy atom. The molecule has 0 saturated carbocycles. The van der Waals surface area contributed by atoms with Crippen LogP contribution in [0.2, 0.25) is 10.0 Å². The highest BCUT2D eigenvalue weighted by Crippen LogP contribution is 2.20. The second-order valence-electron chi connectivity index (χ2n) is 7.06. The van der Waals surface area contributed by atoms with Crippen LogP contribution in [0.15, 0.2) is 53.6 Å². The molecule has 8 heteroatoms. The van der Waals surface area contributed by atoms with Crippen molar-refractivity contribution in [1.29, 1.82) is 0 Å². The minimum absolute atomic E-state index is 0.0830. The first-order chi connectivity index (χ1) is 14.6. The summed E-state index contributed by atoms with van der Waals surface area (Å²) in [5, 5.41) is 5.44. The van der Waals surface area contributed by atoms with E-state index in [1.807, 2.05) is 30.3 Å². The second kappa shape index (κ2) is 12.2. The van der Waals surface area contributed by atoms with E-state index in [1.54, 1.807) is 30.1 Å². The van der Waals surface area contributed by atoms with Crippen LogP contribution >= 0.6 is 35.0 Å². The molecule has 1 amide bonds. The van der Waals surface area contributed by atoms with Crippen LogP contribution in [-0.2, 0) is 4.79 Å². The third-order valence-electron chi connectivity index (χ3n) is 4.81. The van der Waals surface area contributed by atoms with Crippen LogP contribution in [0, 0.1) is 0 Å². The monoisotopic (exact) mass is 464 g/mol. The molecule has 2 aromatic carbocycles. The maximum Gasteiger partial charge on any atom is 0.250 e. The highest BCUT2D eigenvalue weighted by Gasteiger charge is 2.16. The number of anilines is 1. The van der Waals surface area contributed by atoms with E-state index in [2.05, 4.69) is 26.4 Å². The number of nitrogens with zero attached hydrogens (tertiary/aromatic N) is 3. The summed E-state index contributed by atoms with van der Waals surface area (Å²) < 4.78 is 0. The number of halogens is 2. The Morgan fingerprint density at radius 1 is 1.07 bits per heavy atom. The summed E-state index contributed by atoms with van der Waals surface area (Å²) in [7, 11) is 0. The lowest BCUT2D eigenvalue weighted by Gasteiger charge is -2.36. The predicted molar refractivity (Wildman–Crippen MR) is 129 cm³/mol. The molecule has 1 N–H and O–H groups in total. The van der Waals surface area contributed by atoms with Gasteiger partial charge in [-0.25, -0.2) is 5.43 Å². The molecule has 1 aliphatic heterocycles. The van der Waals surface area contributed by atoms with Gasteiger partial charge in [-0.1, -0.05) is 41.4 Å². The number of hydrogen-bond donors (Lipinski definition) is 1. The molecule has 3 rings (SSSR count). The number of rotatable bonds is 9. The summed E-state index contributed by atoms with van der Waals surface area (Å²) in [6.45, 7) is 5.20. The van der Waals surface area contributed by atoms with Gasteiger partial charge in [0.25, 0.3) is 0 Å². The smallest absolute Gasteiger partial charge is 0.250 e. The van der Waals surface area contributed by atoms with Crippen LogP contribution in [-0.4, -0.2) is 61.3 Å². The third kappa shape index (κ3) is 7.84. The number of hydrazone groups is 1. The lowest BCUT2D eigenvalue weighted by atomic mass is 10.2. The third-order valence-corrected chi connectivity index (χ3v) is 6.35. The summed E-state index contributed by atoms with van der Waals surface area (Å²) in [5.41, 5.74) is 4.65. The quantitative estimate of drug-likeness (QED) is 0.339. The maximum absolute atomic E-state index is 11.9. The summed E-state index contributed by atoms with van der Waals surface area (Å²) in [5.74, 6) is 1.30. The van der Waals surface area contributed by atoms with Crippen LogP contribution in [0.5, 0.6) is 0 Å².